The molecule has 0 heterocycles. The molecular weight excluding hydrogens is 252 g/mol. The molecule has 0 amide bonds. The molecule has 0 aliphatic heterocycles. The first kappa shape index (κ1) is 16.6. The second kappa shape index (κ2) is 9.48. The zero-order chi connectivity index (χ0) is 14.8. The van der Waals surface area contributed by atoms with Gasteiger partial charge in [0.15, 0.2) is 0 Å². The zero-order valence-corrected chi connectivity index (χ0v) is 13.2. The van der Waals surface area contributed by atoms with Gasteiger partial charge < -0.3 is 19.7 Å². The molecule has 4 nitrogen and oxygen atoms in total. The number of benzene rings is 1. The van der Waals surface area contributed by atoms with Crippen LogP contribution < -0.4 is 14.8 Å². The highest BCUT2D eigenvalue weighted by molar-refractivity contribution is 5.59. The van der Waals surface area contributed by atoms with Crippen molar-refractivity contribution in [2.24, 2.45) is 0 Å². The van der Waals surface area contributed by atoms with E-state index in [0.717, 1.165) is 43.4 Å². The summed E-state index contributed by atoms with van der Waals surface area (Å²) in [5.74, 6) is 1.69. The van der Waals surface area contributed by atoms with Crippen molar-refractivity contribution in [2.45, 2.75) is 26.7 Å². The number of anilines is 1. The molecule has 1 aromatic carbocycles. The van der Waals surface area contributed by atoms with Crippen LogP contribution in [0.4, 0.5) is 5.69 Å². The first-order valence-corrected chi connectivity index (χ1v) is 7.43. The van der Waals surface area contributed by atoms with Gasteiger partial charge in [-0.3, -0.25) is 0 Å². The van der Waals surface area contributed by atoms with Crippen LogP contribution in [0.5, 0.6) is 11.5 Å². The Bertz CT molecular complexity index is 377. The lowest BCUT2D eigenvalue weighted by Crippen LogP contribution is -2.30. The van der Waals surface area contributed by atoms with E-state index in [1.807, 2.05) is 18.2 Å². The van der Waals surface area contributed by atoms with Crippen molar-refractivity contribution in [3.8, 4) is 11.5 Å². The van der Waals surface area contributed by atoms with Gasteiger partial charge in [-0.25, -0.2) is 0 Å². The van der Waals surface area contributed by atoms with Gasteiger partial charge in [0.05, 0.1) is 19.9 Å². The molecule has 1 rings (SSSR count). The number of hydrogen-bond acceptors (Lipinski definition) is 4. The van der Waals surface area contributed by atoms with Crippen molar-refractivity contribution >= 4 is 5.69 Å². The molecule has 0 spiro atoms. The van der Waals surface area contributed by atoms with Crippen LogP contribution >= 0.6 is 0 Å². The van der Waals surface area contributed by atoms with E-state index < -0.39 is 0 Å². The van der Waals surface area contributed by atoms with E-state index in [1.54, 1.807) is 14.2 Å². The predicted octanol–water partition coefficient (Wildman–Crippen LogP) is 3.24. The molecule has 0 radical (unpaired) electrons. The van der Waals surface area contributed by atoms with E-state index in [-0.39, 0.29) is 0 Å². The van der Waals surface area contributed by atoms with E-state index in [1.165, 1.54) is 12.8 Å². The summed E-state index contributed by atoms with van der Waals surface area (Å²) in [5, 5.41) is 3.44. The van der Waals surface area contributed by atoms with Gasteiger partial charge in [-0.05, 0) is 38.1 Å². The number of hydrogen-bond donors (Lipinski definition) is 1. The minimum atomic E-state index is 0.840. The van der Waals surface area contributed by atoms with E-state index >= 15 is 0 Å². The Hall–Kier alpha value is -1.42. The lowest BCUT2D eigenvalue weighted by atomic mass is 10.2. The molecule has 0 aliphatic carbocycles. The van der Waals surface area contributed by atoms with Crippen molar-refractivity contribution in [3.63, 3.8) is 0 Å². The molecule has 0 aromatic heterocycles. The Kier molecular flexibility index (Phi) is 7.88. The fourth-order valence-electron chi connectivity index (χ4n) is 2.27. The number of nitrogens with zero attached hydrogens (tertiary/aromatic N) is 1. The highest BCUT2D eigenvalue weighted by Crippen LogP contribution is 2.28. The highest BCUT2D eigenvalue weighted by Gasteiger charge is 2.06. The van der Waals surface area contributed by atoms with Gasteiger partial charge >= 0.3 is 0 Å². The second-order valence-electron chi connectivity index (χ2n) is 4.83. The van der Waals surface area contributed by atoms with Crippen LogP contribution in [0, 0.1) is 0 Å². The smallest absolute Gasteiger partial charge is 0.142 e. The average molecular weight is 280 g/mol. The fraction of sp³-hybridized carbons (Fsp3) is 0.625. The topological polar surface area (TPSA) is 33.7 Å². The molecule has 1 N–H and O–H groups in total. The van der Waals surface area contributed by atoms with Crippen LogP contribution in [0.25, 0.3) is 0 Å². The van der Waals surface area contributed by atoms with Gasteiger partial charge in [-0.1, -0.05) is 13.8 Å². The summed E-state index contributed by atoms with van der Waals surface area (Å²) in [5.41, 5.74) is 0.986. The number of rotatable bonds is 10. The molecule has 1 aromatic rings. The van der Waals surface area contributed by atoms with Gasteiger partial charge in [-0.2, -0.15) is 0 Å². The minimum Gasteiger partial charge on any atom is -0.497 e. The monoisotopic (exact) mass is 280 g/mol. The SMILES string of the molecule is CCCN(CCC)CCNc1cc(OC)ccc1OC. The molecule has 0 unspecified atom stereocenters. The molecule has 0 fully saturated rings. The van der Waals surface area contributed by atoms with Crippen molar-refractivity contribution in [1.82, 2.24) is 4.90 Å². The van der Waals surface area contributed by atoms with E-state index in [4.69, 9.17) is 9.47 Å². The second-order valence-corrected chi connectivity index (χ2v) is 4.83. The standard InChI is InChI=1S/C16H28N2O2/c1-5-10-18(11-6-2)12-9-17-15-13-14(19-3)7-8-16(15)20-4/h7-8,13,17H,5-6,9-12H2,1-4H3. The Balaban J connectivity index is 2.55. The third-order valence-electron chi connectivity index (χ3n) is 3.23. The molecule has 114 valence electrons. The minimum absolute atomic E-state index is 0.840. The van der Waals surface area contributed by atoms with Crippen LogP contribution in [-0.2, 0) is 0 Å². The first-order chi connectivity index (χ1) is 9.74. The maximum Gasteiger partial charge on any atom is 0.142 e. The average Bonchev–Trinajstić information content (AvgIpc) is 2.47. The zero-order valence-electron chi connectivity index (χ0n) is 13.2. The van der Waals surface area contributed by atoms with Crippen LogP contribution in [0.2, 0.25) is 0 Å². The Morgan fingerprint density at radius 3 is 2.25 bits per heavy atom. The Morgan fingerprint density at radius 2 is 1.70 bits per heavy atom. The fourth-order valence-corrected chi connectivity index (χ4v) is 2.27. The number of methoxy groups -OCH3 is 2. The quantitative estimate of drug-likeness (QED) is 0.713. The Morgan fingerprint density at radius 1 is 1.00 bits per heavy atom. The van der Waals surface area contributed by atoms with Crippen molar-refractivity contribution in [2.75, 3.05) is 45.7 Å². The summed E-state index contributed by atoms with van der Waals surface area (Å²) in [6, 6.07) is 5.81. The maximum absolute atomic E-state index is 5.37. The van der Waals surface area contributed by atoms with Gasteiger partial charge in [0, 0.05) is 19.2 Å². The molecular formula is C16H28N2O2. The van der Waals surface area contributed by atoms with Gasteiger partial charge in [-0.15, -0.1) is 0 Å². The first-order valence-electron chi connectivity index (χ1n) is 7.43. The summed E-state index contributed by atoms with van der Waals surface area (Å²) in [6.07, 6.45) is 2.39. The lowest BCUT2D eigenvalue weighted by Gasteiger charge is -2.21. The summed E-state index contributed by atoms with van der Waals surface area (Å²) in [4.78, 5) is 2.49. The third-order valence-corrected chi connectivity index (χ3v) is 3.23. The van der Waals surface area contributed by atoms with Crippen LogP contribution in [-0.4, -0.2) is 45.3 Å². The highest BCUT2D eigenvalue weighted by atomic mass is 16.5. The van der Waals surface area contributed by atoms with E-state index in [2.05, 4.69) is 24.1 Å². The van der Waals surface area contributed by atoms with E-state index in [0.29, 0.717) is 0 Å². The van der Waals surface area contributed by atoms with Crippen LogP contribution in [0.1, 0.15) is 26.7 Å². The van der Waals surface area contributed by atoms with Gasteiger partial charge in [0.25, 0.3) is 0 Å². The summed E-state index contributed by atoms with van der Waals surface area (Å²) in [7, 11) is 3.36. The van der Waals surface area contributed by atoms with E-state index in [9.17, 15) is 0 Å². The number of nitrogens with one attached hydrogen (secondary N) is 1. The molecule has 0 saturated carbocycles. The largest absolute Gasteiger partial charge is 0.497 e. The molecule has 0 saturated heterocycles. The lowest BCUT2D eigenvalue weighted by molar-refractivity contribution is 0.285. The van der Waals surface area contributed by atoms with Crippen molar-refractivity contribution in [1.29, 1.82) is 0 Å². The normalized spacial score (nSPS) is 10.7. The van der Waals surface area contributed by atoms with Gasteiger partial charge in [0.1, 0.15) is 11.5 Å². The molecule has 0 atom stereocenters. The number of ether oxygens (including phenoxy) is 2. The van der Waals surface area contributed by atoms with Crippen molar-refractivity contribution in [3.05, 3.63) is 18.2 Å². The Labute approximate surface area is 123 Å². The van der Waals surface area contributed by atoms with Gasteiger partial charge in [0.2, 0.25) is 0 Å². The predicted molar refractivity (Wildman–Crippen MR) is 85.1 cm³/mol. The summed E-state index contributed by atoms with van der Waals surface area (Å²) in [6.45, 7) is 8.71. The molecule has 20 heavy (non-hydrogen) atoms. The molecule has 0 bridgehead atoms. The molecule has 0 aliphatic rings. The maximum atomic E-state index is 5.37. The van der Waals surface area contributed by atoms with Crippen LogP contribution in [0.3, 0.4) is 0 Å². The van der Waals surface area contributed by atoms with Crippen molar-refractivity contribution < 1.29 is 9.47 Å². The summed E-state index contributed by atoms with van der Waals surface area (Å²) < 4.78 is 10.6. The van der Waals surface area contributed by atoms with Crippen LogP contribution in [0.15, 0.2) is 18.2 Å². The summed E-state index contributed by atoms with van der Waals surface area (Å²) >= 11 is 0. The molecule has 4 heteroatoms. The third kappa shape index (κ3) is 5.29.